The molecule has 0 unspecified atom stereocenters. The zero-order valence-corrected chi connectivity index (χ0v) is 9.77. The summed E-state index contributed by atoms with van der Waals surface area (Å²) in [5, 5.41) is 0. The van der Waals surface area contributed by atoms with E-state index >= 15 is 0 Å². The first-order chi connectivity index (χ1) is 6.79. The van der Waals surface area contributed by atoms with Crippen LogP contribution in [0, 0.1) is 17.0 Å². The van der Waals surface area contributed by atoms with E-state index in [0.717, 1.165) is 12.0 Å². The van der Waals surface area contributed by atoms with E-state index in [9.17, 15) is 8.78 Å². The molecule has 1 aromatic carbocycles. The molecule has 0 saturated heterocycles. The minimum Gasteiger partial charge on any atom is -0.204 e. The van der Waals surface area contributed by atoms with Crippen LogP contribution in [0.2, 0.25) is 0 Å². The molecule has 0 aromatic heterocycles. The molecule has 0 radical (unpaired) electrons. The summed E-state index contributed by atoms with van der Waals surface area (Å²) in [6.07, 6.45) is 0.956. The third-order valence-electron chi connectivity index (χ3n) is 2.43. The summed E-state index contributed by atoms with van der Waals surface area (Å²) in [5.41, 5.74) is 1.06. The van der Waals surface area contributed by atoms with Crippen molar-refractivity contribution in [3.63, 3.8) is 0 Å². The molecule has 0 aliphatic carbocycles. The summed E-state index contributed by atoms with van der Waals surface area (Å²) in [5.74, 6) is -1.28. The summed E-state index contributed by atoms with van der Waals surface area (Å²) in [6, 6.07) is 4.16. The molecular weight excluding hydrogens is 194 g/mol. The maximum atomic E-state index is 13.0. The minimum absolute atomic E-state index is 0.199. The van der Waals surface area contributed by atoms with Crippen LogP contribution in [0.4, 0.5) is 8.78 Å². The third-order valence-corrected chi connectivity index (χ3v) is 2.43. The van der Waals surface area contributed by atoms with Gasteiger partial charge in [0, 0.05) is 0 Å². The van der Waals surface area contributed by atoms with Crippen molar-refractivity contribution in [3.8, 4) is 0 Å². The van der Waals surface area contributed by atoms with E-state index in [1.807, 2.05) is 6.92 Å². The summed E-state index contributed by atoms with van der Waals surface area (Å²) < 4.78 is 25.7. The maximum Gasteiger partial charge on any atom is 0.159 e. The van der Waals surface area contributed by atoms with Crippen LogP contribution in [-0.4, -0.2) is 0 Å². The van der Waals surface area contributed by atoms with Crippen molar-refractivity contribution in [1.29, 1.82) is 0 Å². The van der Waals surface area contributed by atoms with Gasteiger partial charge in [0.2, 0.25) is 0 Å². The van der Waals surface area contributed by atoms with Crippen LogP contribution in [0.1, 0.15) is 45.6 Å². The topological polar surface area (TPSA) is 0 Å². The second kappa shape index (κ2) is 4.30. The Kier molecular flexibility index (Phi) is 3.48. The van der Waals surface area contributed by atoms with Crippen LogP contribution in [-0.2, 0) is 0 Å². The lowest BCUT2D eigenvalue weighted by atomic mass is 9.82. The monoisotopic (exact) mass is 212 g/mol. The normalized spacial score (nSPS) is 14.0. The Morgan fingerprint density at radius 3 is 2.20 bits per heavy atom. The zero-order chi connectivity index (χ0) is 11.6. The van der Waals surface area contributed by atoms with E-state index in [1.165, 1.54) is 12.1 Å². The lowest BCUT2D eigenvalue weighted by Gasteiger charge is -2.23. The van der Waals surface area contributed by atoms with Crippen LogP contribution >= 0.6 is 0 Å². The van der Waals surface area contributed by atoms with Gasteiger partial charge < -0.3 is 0 Å². The molecule has 0 N–H and O–H groups in total. The fraction of sp³-hybridized carbons (Fsp3) is 0.538. The van der Waals surface area contributed by atoms with Crippen molar-refractivity contribution in [2.45, 2.75) is 40.0 Å². The van der Waals surface area contributed by atoms with Crippen molar-refractivity contribution in [1.82, 2.24) is 0 Å². The highest BCUT2D eigenvalue weighted by Gasteiger charge is 2.17. The second-order valence-electron chi connectivity index (χ2n) is 5.34. The average molecular weight is 212 g/mol. The van der Waals surface area contributed by atoms with Gasteiger partial charge in [-0.3, -0.25) is 0 Å². The van der Waals surface area contributed by atoms with Gasteiger partial charge in [-0.2, -0.15) is 0 Å². The number of benzene rings is 1. The molecule has 0 heterocycles. The Bertz CT molecular complexity index is 337. The van der Waals surface area contributed by atoms with E-state index in [4.69, 9.17) is 0 Å². The number of halogens is 2. The van der Waals surface area contributed by atoms with Crippen molar-refractivity contribution in [3.05, 3.63) is 35.4 Å². The number of hydrogen-bond acceptors (Lipinski definition) is 0. The summed E-state index contributed by atoms with van der Waals surface area (Å²) >= 11 is 0. The number of hydrogen-bond donors (Lipinski definition) is 0. The predicted octanol–water partition coefficient (Wildman–Crippen LogP) is 4.50. The van der Waals surface area contributed by atoms with Gasteiger partial charge in [-0.15, -0.1) is 0 Å². The van der Waals surface area contributed by atoms with E-state index in [1.54, 1.807) is 6.07 Å². The van der Waals surface area contributed by atoms with E-state index in [0.29, 0.717) is 0 Å². The first kappa shape index (κ1) is 12.2. The molecule has 0 aliphatic heterocycles. The molecule has 0 amide bonds. The van der Waals surface area contributed by atoms with Gasteiger partial charge in [0.05, 0.1) is 0 Å². The predicted molar refractivity (Wildman–Crippen MR) is 58.8 cm³/mol. The third kappa shape index (κ3) is 3.61. The van der Waals surface area contributed by atoms with Crippen molar-refractivity contribution in [2.75, 3.05) is 0 Å². The molecule has 2 heteroatoms. The summed E-state index contributed by atoms with van der Waals surface area (Å²) in [6.45, 7) is 8.47. The molecule has 0 bridgehead atoms. The Morgan fingerprint density at radius 1 is 1.13 bits per heavy atom. The summed E-state index contributed by atoms with van der Waals surface area (Å²) in [7, 11) is 0. The maximum absolute atomic E-state index is 13.0. The summed E-state index contributed by atoms with van der Waals surface area (Å²) in [4.78, 5) is 0. The van der Waals surface area contributed by atoms with E-state index < -0.39 is 11.6 Å². The standard InChI is InChI=1S/C13H18F2/c1-9(8-13(2,3)4)10-5-6-11(14)12(15)7-10/h5-7,9H,8H2,1-4H3/t9-/m1/s1. The lowest BCUT2D eigenvalue weighted by Crippen LogP contribution is -2.10. The van der Waals surface area contributed by atoms with Gasteiger partial charge in [-0.25, -0.2) is 8.78 Å². The highest BCUT2D eigenvalue weighted by Crippen LogP contribution is 2.31. The quantitative estimate of drug-likeness (QED) is 0.676. The fourth-order valence-electron chi connectivity index (χ4n) is 1.86. The second-order valence-corrected chi connectivity index (χ2v) is 5.34. The smallest absolute Gasteiger partial charge is 0.159 e. The first-order valence-corrected chi connectivity index (χ1v) is 5.24. The minimum atomic E-state index is -0.776. The Labute approximate surface area is 90.3 Å². The van der Waals surface area contributed by atoms with Crippen molar-refractivity contribution < 1.29 is 8.78 Å². The Balaban J connectivity index is 2.83. The molecule has 84 valence electrons. The van der Waals surface area contributed by atoms with Crippen LogP contribution in [0.5, 0.6) is 0 Å². The largest absolute Gasteiger partial charge is 0.204 e. The first-order valence-electron chi connectivity index (χ1n) is 5.24. The van der Waals surface area contributed by atoms with E-state index in [2.05, 4.69) is 20.8 Å². The Morgan fingerprint density at radius 2 is 1.73 bits per heavy atom. The molecule has 0 aliphatic rings. The lowest BCUT2D eigenvalue weighted by molar-refractivity contribution is 0.348. The van der Waals surface area contributed by atoms with Gasteiger partial charge in [-0.05, 0) is 35.4 Å². The molecular formula is C13H18F2. The molecule has 0 saturated carbocycles. The number of rotatable bonds is 2. The average Bonchev–Trinajstić information content (AvgIpc) is 2.06. The molecule has 1 aromatic rings. The molecule has 15 heavy (non-hydrogen) atoms. The highest BCUT2D eigenvalue weighted by atomic mass is 19.2. The van der Waals surface area contributed by atoms with Crippen LogP contribution in [0.25, 0.3) is 0 Å². The SMILES string of the molecule is C[C@H](CC(C)(C)C)c1ccc(F)c(F)c1. The van der Waals surface area contributed by atoms with Gasteiger partial charge in [0.1, 0.15) is 0 Å². The highest BCUT2D eigenvalue weighted by molar-refractivity contribution is 5.21. The van der Waals surface area contributed by atoms with E-state index in [-0.39, 0.29) is 11.3 Å². The molecule has 0 nitrogen and oxygen atoms in total. The van der Waals surface area contributed by atoms with Crippen LogP contribution in [0.15, 0.2) is 18.2 Å². The van der Waals surface area contributed by atoms with Gasteiger partial charge >= 0.3 is 0 Å². The molecule has 0 fully saturated rings. The molecule has 1 atom stereocenters. The van der Waals surface area contributed by atoms with Crippen LogP contribution < -0.4 is 0 Å². The Hall–Kier alpha value is -0.920. The van der Waals surface area contributed by atoms with Gasteiger partial charge in [0.15, 0.2) is 11.6 Å². The van der Waals surface area contributed by atoms with Crippen LogP contribution in [0.3, 0.4) is 0 Å². The molecule has 1 rings (SSSR count). The molecule has 0 spiro atoms. The van der Waals surface area contributed by atoms with Crippen molar-refractivity contribution in [2.24, 2.45) is 5.41 Å². The van der Waals surface area contributed by atoms with Gasteiger partial charge in [-0.1, -0.05) is 33.8 Å². The fourth-order valence-corrected chi connectivity index (χ4v) is 1.86. The van der Waals surface area contributed by atoms with Gasteiger partial charge in [0.25, 0.3) is 0 Å². The van der Waals surface area contributed by atoms with Crippen molar-refractivity contribution >= 4 is 0 Å². The zero-order valence-electron chi connectivity index (χ0n) is 9.77.